The number of hydrogen-bond donors (Lipinski definition) is 1. The molecule has 2 rings (SSSR count). The van der Waals surface area contributed by atoms with E-state index in [1.165, 1.54) is 18.2 Å². The van der Waals surface area contributed by atoms with Crippen LogP contribution in [0, 0.1) is 0 Å². The van der Waals surface area contributed by atoms with Gasteiger partial charge in [0.05, 0.1) is 30.7 Å². The van der Waals surface area contributed by atoms with Crippen molar-refractivity contribution in [3.63, 3.8) is 0 Å². The minimum atomic E-state index is -0.423. The Kier molecular flexibility index (Phi) is 4.88. The first-order valence-electron chi connectivity index (χ1n) is 4.79. The standard InChI is InChI=1S/C11H4Cl5NOS/c12-5-2-7(14)8(3-6(5)13)17-11(18)4-1-9(15)19-10(4)16/h1-3H,(H,17,18). The van der Waals surface area contributed by atoms with Crippen molar-refractivity contribution in [1.82, 2.24) is 0 Å². The van der Waals surface area contributed by atoms with Crippen LogP contribution >= 0.6 is 69.3 Å². The van der Waals surface area contributed by atoms with Gasteiger partial charge < -0.3 is 5.32 Å². The predicted octanol–water partition coefficient (Wildman–Crippen LogP) is 6.27. The van der Waals surface area contributed by atoms with Gasteiger partial charge >= 0.3 is 0 Å². The lowest BCUT2D eigenvalue weighted by Crippen LogP contribution is -2.11. The Balaban J connectivity index is 2.29. The minimum Gasteiger partial charge on any atom is -0.321 e. The lowest BCUT2D eigenvalue weighted by molar-refractivity contribution is 0.102. The lowest BCUT2D eigenvalue weighted by atomic mass is 10.2. The molecule has 2 nitrogen and oxygen atoms in total. The van der Waals surface area contributed by atoms with Gasteiger partial charge in [0.15, 0.2) is 0 Å². The highest BCUT2D eigenvalue weighted by atomic mass is 35.5. The zero-order valence-electron chi connectivity index (χ0n) is 8.94. The van der Waals surface area contributed by atoms with E-state index < -0.39 is 5.91 Å². The summed E-state index contributed by atoms with van der Waals surface area (Å²) in [6.07, 6.45) is 0. The maximum absolute atomic E-state index is 12.0. The van der Waals surface area contributed by atoms with E-state index in [-0.39, 0.29) is 15.6 Å². The summed E-state index contributed by atoms with van der Waals surface area (Å²) < 4.78 is 0.731. The average molecular weight is 375 g/mol. The van der Waals surface area contributed by atoms with Gasteiger partial charge in [0, 0.05) is 0 Å². The number of thiophene rings is 1. The Morgan fingerprint density at radius 1 is 0.947 bits per heavy atom. The van der Waals surface area contributed by atoms with Crippen molar-refractivity contribution in [2.24, 2.45) is 0 Å². The molecule has 1 aromatic heterocycles. The van der Waals surface area contributed by atoms with Gasteiger partial charge in [0.25, 0.3) is 5.91 Å². The molecule has 0 radical (unpaired) electrons. The summed E-state index contributed by atoms with van der Waals surface area (Å²) in [5, 5.41) is 3.47. The second kappa shape index (κ2) is 6.08. The Labute approximate surface area is 138 Å². The maximum atomic E-state index is 12.0. The maximum Gasteiger partial charge on any atom is 0.258 e. The fourth-order valence-corrected chi connectivity index (χ4v) is 3.36. The van der Waals surface area contributed by atoms with E-state index >= 15 is 0 Å². The number of hydrogen-bond acceptors (Lipinski definition) is 2. The SMILES string of the molecule is O=C(Nc1cc(Cl)c(Cl)cc1Cl)c1cc(Cl)sc1Cl. The highest BCUT2D eigenvalue weighted by Crippen LogP contribution is 2.34. The molecule has 100 valence electrons. The van der Waals surface area contributed by atoms with Gasteiger partial charge in [-0.2, -0.15) is 0 Å². The third-order valence-electron chi connectivity index (χ3n) is 2.16. The number of halogens is 5. The van der Waals surface area contributed by atoms with E-state index in [0.717, 1.165) is 11.3 Å². The van der Waals surface area contributed by atoms with Crippen molar-refractivity contribution < 1.29 is 4.79 Å². The monoisotopic (exact) mass is 373 g/mol. The molecule has 0 bridgehead atoms. The number of carbonyl (C=O) groups excluding carboxylic acids is 1. The van der Waals surface area contributed by atoms with Gasteiger partial charge in [-0.15, -0.1) is 11.3 Å². The molecule has 0 saturated carbocycles. The molecule has 0 unspecified atom stereocenters. The van der Waals surface area contributed by atoms with Crippen molar-refractivity contribution in [3.8, 4) is 0 Å². The first-order valence-corrected chi connectivity index (χ1v) is 7.50. The van der Waals surface area contributed by atoms with Crippen LogP contribution in [0.15, 0.2) is 18.2 Å². The quantitative estimate of drug-likeness (QED) is 0.616. The van der Waals surface area contributed by atoms with E-state index in [1.54, 1.807) is 0 Å². The van der Waals surface area contributed by atoms with Crippen LogP contribution in [0.2, 0.25) is 23.7 Å². The summed E-state index contributed by atoms with van der Waals surface area (Å²) in [4.78, 5) is 12.0. The summed E-state index contributed by atoms with van der Waals surface area (Å²) in [7, 11) is 0. The summed E-state index contributed by atoms with van der Waals surface area (Å²) in [6.45, 7) is 0. The van der Waals surface area contributed by atoms with E-state index in [1.807, 2.05) is 0 Å². The predicted molar refractivity (Wildman–Crippen MR) is 83.8 cm³/mol. The van der Waals surface area contributed by atoms with Crippen molar-refractivity contribution in [3.05, 3.63) is 47.5 Å². The van der Waals surface area contributed by atoms with Crippen LogP contribution in [-0.4, -0.2) is 5.91 Å². The van der Waals surface area contributed by atoms with E-state index in [4.69, 9.17) is 58.0 Å². The highest BCUT2D eigenvalue weighted by Gasteiger charge is 2.16. The van der Waals surface area contributed by atoms with Crippen LogP contribution in [0.5, 0.6) is 0 Å². The molecule has 0 aliphatic carbocycles. The second-order valence-electron chi connectivity index (χ2n) is 3.44. The second-order valence-corrected chi connectivity index (χ2v) is 6.95. The number of carbonyl (C=O) groups is 1. The molecule has 0 atom stereocenters. The van der Waals surface area contributed by atoms with Crippen molar-refractivity contribution in [2.45, 2.75) is 0 Å². The van der Waals surface area contributed by atoms with Crippen molar-refractivity contribution in [2.75, 3.05) is 5.32 Å². The van der Waals surface area contributed by atoms with Gasteiger partial charge in [-0.25, -0.2) is 0 Å². The van der Waals surface area contributed by atoms with E-state index in [0.29, 0.717) is 19.4 Å². The smallest absolute Gasteiger partial charge is 0.258 e. The van der Waals surface area contributed by atoms with Crippen LogP contribution in [0.4, 0.5) is 5.69 Å². The van der Waals surface area contributed by atoms with Crippen molar-refractivity contribution in [1.29, 1.82) is 0 Å². The molecule has 1 aromatic carbocycles. The average Bonchev–Trinajstić information content (AvgIpc) is 2.65. The largest absolute Gasteiger partial charge is 0.321 e. The Bertz CT molecular complexity index is 655. The number of benzene rings is 1. The van der Waals surface area contributed by atoms with Gasteiger partial charge in [-0.3, -0.25) is 4.79 Å². The lowest BCUT2D eigenvalue weighted by Gasteiger charge is -2.08. The first kappa shape index (κ1) is 15.2. The summed E-state index contributed by atoms with van der Waals surface area (Å²) >= 11 is 30.4. The number of nitrogens with one attached hydrogen (secondary N) is 1. The Hall–Kier alpha value is -0.160. The molecule has 0 aliphatic heterocycles. The molecular formula is C11H4Cl5NOS. The molecule has 0 saturated heterocycles. The molecule has 0 spiro atoms. The minimum absolute atomic E-state index is 0.277. The van der Waals surface area contributed by atoms with Gasteiger partial charge in [-0.05, 0) is 18.2 Å². The molecule has 8 heteroatoms. The van der Waals surface area contributed by atoms with Crippen LogP contribution in [-0.2, 0) is 0 Å². The molecule has 19 heavy (non-hydrogen) atoms. The third-order valence-corrected chi connectivity index (χ3v) is 4.68. The molecular weight excluding hydrogens is 371 g/mol. The first-order chi connectivity index (χ1) is 8.88. The molecule has 0 fully saturated rings. The van der Waals surface area contributed by atoms with E-state index in [2.05, 4.69) is 5.32 Å². The van der Waals surface area contributed by atoms with Crippen molar-refractivity contribution >= 4 is 80.9 Å². The number of amides is 1. The fourth-order valence-electron chi connectivity index (χ4n) is 1.30. The van der Waals surface area contributed by atoms with E-state index in [9.17, 15) is 4.79 Å². The molecule has 1 N–H and O–H groups in total. The fraction of sp³-hybridized carbons (Fsp3) is 0. The van der Waals surface area contributed by atoms with Crippen LogP contribution in [0.3, 0.4) is 0 Å². The Morgan fingerprint density at radius 3 is 2.16 bits per heavy atom. The topological polar surface area (TPSA) is 29.1 Å². The molecule has 1 heterocycles. The summed E-state index contributed by atoms with van der Waals surface area (Å²) in [5.41, 5.74) is 0.623. The molecule has 2 aromatic rings. The molecule has 1 amide bonds. The third kappa shape index (κ3) is 3.48. The Morgan fingerprint density at radius 2 is 1.58 bits per heavy atom. The van der Waals surface area contributed by atoms with Gasteiger partial charge in [0.2, 0.25) is 0 Å². The molecule has 0 aliphatic rings. The summed E-state index contributed by atoms with van der Waals surface area (Å²) in [5.74, 6) is -0.423. The van der Waals surface area contributed by atoms with Crippen LogP contribution in [0.25, 0.3) is 0 Å². The van der Waals surface area contributed by atoms with Gasteiger partial charge in [0.1, 0.15) is 4.34 Å². The zero-order chi connectivity index (χ0) is 14.2. The summed E-state index contributed by atoms with van der Waals surface area (Å²) in [6, 6.07) is 4.39. The zero-order valence-corrected chi connectivity index (χ0v) is 13.5. The normalized spacial score (nSPS) is 10.6. The number of anilines is 1. The van der Waals surface area contributed by atoms with Gasteiger partial charge in [-0.1, -0.05) is 58.0 Å². The van der Waals surface area contributed by atoms with Crippen LogP contribution < -0.4 is 5.32 Å². The van der Waals surface area contributed by atoms with Crippen LogP contribution in [0.1, 0.15) is 10.4 Å². The highest BCUT2D eigenvalue weighted by molar-refractivity contribution is 7.20. The number of rotatable bonds is 2.